The lowest BCUT2D eigenvalue weighted by Gasteiger charge is -2.09. The molecule has 13 heavy (non-hydrogen) atoms. The molecule has 0 spiro atoms. The molecule has 1 aromatic carbocycles. The van der Waals surface area contributed by atoms with E-state index >= 15 is 0 Å². The summed E-state index contributed by atoms with van der Waals surface area (Å²) in [6.45, 7) is 0.298. The van der Waals surface area contributed by atoms with Gasteiger partial charge in [-0.05, 0) is 79.9 Å². The summed E-state index contributed by atoms with van der Waals surface area (Å²) in [4.78, 5) is 0. The van der Waals surface area contributed by atoms with E-state index in [0.717, 1.165) is 12.9 Å². The molecule has 2 nitrogen and oxygen atoms in total. The van der Waals surface area contributed by atoms with Crippen molar-refractivity contribution in [2.45, 2.75) is 0 Å². The van der Waals surface area contributed by atoms with Gasteiger partial charge in [-0.2, -0.15) is 0 Å². The van der Waals surface area contributed by atoms with Crippen LogP contribution in [-0.2, 0) is 4.74 Å². The molecule has 1 aromatic rings. The molecule has 0 saturated heterocycles. The SMILES string of the molecule is COCOc1c(I)cc(I)cc1I. The molecule has 1 rings (SSSR count). The fourth-order valence-corrected chi connectivity index (χ4v) is 4.68. The van der Waals surface area contributed by atoms with Crippen LogP contribution in [0.3, 0.4) is 0 Å². The summed E-state index contributed by atoms with van der Waals surface area (Å²) in [5, 5.41) is 0. The molecule has 0 aliphatic heterocycles. The van der Waals surface area contributed by atoms with Gasteiger partial charge in [-0.3, -0.25) is 0 Å². The molecule has 0 saturated carbocycles. The monoisotopic (exact) mass is 516 g/mol. The molecule has 0 N–H and O–H groups in total. The highest BCUT2D eigenvalue weighted by atomic mass is 127. The summed E-state index contributed by atoms with van der Waals surface area (Å²) in [5.41, 5.74) is 0. The predicted molar refractivity (Wildman–Crippen MR) is 77.1 cm³/mol. The van der Waals surface area contributed by atoms with Crippen LogP contribution in [0.5, 0.6) is 5.75 Å². The van der Waals surface area contributed by atoms with Gasteiger partial charge in [0.15, 0.2) is 6.79 Å². The Balaban J connectivity index is 2.92. The van der Waals surface area contributed by atoms with Crippen LogP contribution in [-0.4, -0.2) is 13.9 Å². The van der Waals surface area contributed by atoms with E-state index in [4.69, 9.17) is 9.47 Å². The Labute approximate surface area is 118 Å². The van der Waals surface area contributed by atoms with E-state index < -0.39 is 0 Å². The number of ether oxygens (including phenoxy) is 2. The van der Waals surface area contributed by atoms with E-state index in [1.54, 1.807) is 7.11 Å². The minimum atomic E-state index is 0.298. The Kier molecular flexibility index (Phi) is 5.56. The molecule has 0 amide bonds. The van der Waals surface area contributed by atoms with Crippen LogP contribution in [0.25, 0.3) is 0 Å². The summed E-state index contributed by atoms with van der Waals surface area (Å²) in [6, 6.07) is 4.16. The smallest absolute Gasteiger partial charge is 0.188 e. The highest BCUT2D eigenvalue weighted by Crippen LogP contribution is 2.29. The van der Waals surface area contributed by atoms with Crippen molar-refractivity contribution >= 4 is 67.8 Å². The molecule has 0 bridgehead atoms. The molecule has 72 valence electrons. The fraction of sp³-hybridized carbons (Fsp3) is 0.250. The third-order valence-electron chi connectivity index (χ3n) is 1.28. The van der Waals surface area contributed by atoms with Gasteiger partial charge in [0.2, 0.25) is 0 Å². The first kappa shape index (κ1) is 12.2. The zero-order valence-electron chi connectivity index (χ0n) is 6.81. The highest BCUT2D eigenvalue weighted by molar-refractivity contribution is 14.1. The molecule has 0 atom stereocenters. The van der Waals surface area contributed by atoms with Crippen LogP contribution < -0.4 is 4.74 Å². The lowest BCUT2D eigenvalue weighted by Crippen LogP contribution is -2.02. The Bertz CT molecular complexity index is 278. The molecular formula is C8H7I3O2. The number of hydrogen-bond acceptors (Lipinski definition) is 2. The second kappa shape index (κ2) is 5.91. The van der Waals surface area contributed by atoms with Crippen molar-refractivity contribution in [2.75, 3.05) is 13.9 Å². The Morgan fingerprint density at radius 2 is 1.69 bits per heavy atom. The zero-order valence-corrected chi connectivity index (χ0v) is 13.3. The summed E-state index contributed by atoms with van der Waals surface area (Å²) in [6.07, 6.45) is 0. The lowest BCUT2D eigenvalue weighted by molar-refractivity contribution is 0.0499. The minimum absolute atomic E-state index is 0.298. The summed E-state index contributed by atoms with van der Waals surface area (Å²) >= 11 is 6.81. The first-order chi connectivity index (χ1) is 6.15. The fourth-order valence-electron chi connectivity index (χ4n) is 0.785. The number of halogens is 3. The molecular weight excluding hydrogens is 509 g/mol. The van der Waals surface area contributed by atoms with Crippen LogP contribution >= 0.6 is 67.8 Å². The van der Waals surface area contributed by atoms with Crippen molar-refractivity contribution in [2.24, 2.45) is 0 Å². The Morgan fingerprint density at radius 1 is 1.15 bits per heavy atom. The Morgan fingerprint density at radius 3 is 2.15 bits per heavy atom. The van der Waals surface area contributed by atoms with E-state index in [2.05, 4.69) is 79.9 Å². The van der Waals surface area contributed by atoms with Crippen LogP contribution in [0.15, 0.2) is 12.1 Å². The summed E-state index contributed by atoms with van der Waals surface area (Å²) in [7, 11) is 1.62. The topological polar surface area (TPSA) is 18.5 Å². The van der Waals surface area contributed by atoms with Gasteiger partial charge in [-0.1, -0.05) is 0 Å². The quantitative estimate of drug-likeness (QED) is 0.453. The first-order valence-electron chi connectivity index (χ1n) is 3.41. The molecule has 0 heterocycles. The van der Waals surface area contributed by atoms with Gasteiger partial charge in [-0.25, -0.2) is 0 Å². The minimum Gasteiger partial charge on any atom is -0.465 e. The zero-order chi connectivity index (χ0) is 9.84. The van der Waals surface area contributed by atoms with Gasteiger partial charge in [0, 0.05) is 10.7 Å². The number of methoxy groups -OCH3 is 1. The number of rotatable bonds is 3. The highest BCUT2D eigenvalue weighted by Gasteiger charge is 2.07. The predicted octanol–water partition coefficient (Wildman–Crippen LogP) is 3.48. The van der Waals surface area contributed by atoms with Crippen molar-refractivity contribution in [3.63, 3.8) is 0 Å². The van der Waals surface area contributed by atoms with Crippen LogP contribution in [0.1, 0.15) is 0 Å². The summed E-state index contributed by atoms with van der Waals surface area (Å²) < 4.78 is 13.7. The van der Waals surface area contributed by atoms with Crippen molar-refractivity contribution in [1.29, 1.82) is 0 Å². The van der Waals surface area contributed by atoms with E-state index in [1.807, 2.05) is 0 Å². The van der Waals surface area contributed by atoms with Crippen molar-refractivity contribution in [3.8, 4) is 5.75 Å². The van der Waals surface area contributed by atoms with E-state index in [9.17, 15) is 0 Å². The molecule has 0 unspecified atom stereocenters. The summed E-state index contributed by atoms with van der Waals surface area (Å²) in [5.74, 6) is 0.906. The second-order valence-electron chi connectivity index (χ2n) is 2.25. The largest absolute Gasteiger partial charge is 0.465 e. The maximum Gasteiger partial charge on any atom is 0.188 e. The van der Waals surface area contributed by atoms with Gasteiger partial charge < -0.3 is 9.47 Å². The molecule has 0 aliphatic carbocycles. The molecule has 0 aromatic heterocycles. The molecule has 5 heteroatoms. The molecule has 0 fully saturated rings. The third kappa shape index (κ3) is 3.67. The third-order valence-corrected chi connectivity index (χ3v) is 3.51. The van der Waals surface area contributed by atoms with E-state index in [-0.39, 0.29) is 0 Å². The maximum absolute atomic E-state index is 5.43. The lowest BCUT2D eigenvalue weighted by atomic mass is 10.3. The maximum atomic E-state index is 5.43. The van der Waals surface area contributed by atoms with Gasteiger partial charge in [0.25, 0.3) is 0 Å². The van der Waals surface area contributed by atoms with Crippen molar-refractivity contribution in [3.05, 3.63) is 22.8 Å². The van der Waals surface area contributed by atoms with Crippen molar-refractivity contribution < 1.29 is 9.47 Å². The Hall–Kier alpha value is 1.17. The number of hydrogen-bond donors (Lipinski definition) is 0. The normalized spacial score (nSPS) is 10.2. The van der Waals surface area contributed by atoms with Crippen molar-refractivity contribution in [1.82, 2.24) is 0 Å². The number of benzene rings is 1. The van der Waals surface area contributed by atoms with Crippen LogP contribution in [0.2, 0.25) is 0 Å². The first-order valence-corrected chi connectivity index (χ1v) is 6.65. The molecule has 0 aliphatic rings. The van der Waals surface area contributed by atoms with Crippen LogP contribution in [0, 0.1) is 10.7 Å². The average molecular weight is 516 g/mol. The second-order valence-corrected chi connectivity index (χ2v) is 5.82. The standard InChI is InChI=1S/C8H7I3O2/c1-12-4-13-8-6(10)2-5(9)3-7(8)11/h2-3H,4H2,1H3. The van der Waals surface area contributed by atoms with Crippen LogP contribution in [0.4, 0.5) is 0 Å². The van der Waals surface area contributed by atoms with Gasteiger partial charge >= 0.3 is 0 Å². The molecule has 0 radical (unpaired) electrons. The van der Waals surface area contributed by atoms with E-state index in [0.29, 0.717) is 6.79 Å². The van der Waals surface area contributed by atoms with Gasteiger partial charge in [-0.15, -0.1) is 0 Å². The van der Waals surface area contributed by atoms with Gasteiger partial charge in [0.05, 0.1) is 7.14 Å². The van der Waals surface area contributed by atoms with Gasteiger partial charge in [0.1, 0.15) is 5.75 Å². The van der Waals surface area contributed by atoms with E-state index in [1.165, 1.54) is 3.57 Å². The average Bonchev–Trinajstić information content (AvgIpc) is 2.02.